The molecule has 3 aromatic carbocycles. The zero-order valence-electron chi connectivity index (χ0n) is 15.8. The van der Waals surface area contributed by atoms with Crippen LogP contribution in [-0.2, 0) is 21.2 Å². The van der Waals surface area contributed by atoms with Crippen molar-refractivity contribution in [3.63, 3.8) is 0 Å². The Balaban J connectivity index is 1.67. The van der Waals surface area contributed by atoms with Gasteiger partial charge in [-0.3, -0.25) is 9.10 Å². The third-order valence-electron chi connectivity index (χ3n) is 4.81. The van der Waals surface area contributed by atoms with Crippen molar-refractivity contribution >= 4 is 27.3 Å². The molecule has 1 aliphatic rings. The summed E-state index contributed by atoms with van der Waals surface area (Å²) in [6.07, 6.45) is 0.863. The molecule has 0 radical (unpaired) electrons. The largest absolute Gasteiger partial charge is 0.455 e. The van der Waals surface area contributed by atoms with Crippen molar-refractivity contribution in [2.24, 2.45) is 0 Å². The molecule has 0 fully saturated rings. The molecule has 6 nitrogen and oxygen atoms in total. The van der Waals surface area contributed by atoms with Gasteiger partial charge in [0.1, 0.15) is 5.75 Å². The summed E-state index contributed by atoms with van der Waals surface area (Å²) in [5, 5.41) is 2.77. The third-order valence-corrected chi connectivity index (χ3v) is 6.57. The second-order valence-electron chi connectivity index (χ2n) is 6.72. The molecule has 0 unspecified atom stereocenters. The molecule has 29 heavy (non-hydrogen) atoms. The zero-order chi connectivity index (χ0) is 20.4. The van der Waals surface area contributed by atoms with Gasteiger partial charge in [-0.1, -0.05) is 30.3 Å². The molecule has 1 aliphatic heterocycles. The van der Waals surface area contributed by atoms with E-state index in [4.69, 9.17) is 4.74 Å². The van der Waals surface area contributed by atoms with Crippen LogP contribution in [0.1, 0.15) is 12.0 Å². The number of aryl methyl sites for hydroxylation is 1. The van der Waals surface area contributed by atoms with Crippen molar-refractivity contribution in [1.82, 2.24) is 0 Å². The molecule has 4 rings (SSSR count). The third kappa shape index (κ3) is 3.82. The van der Waals surface area contributed by atoms with E-state index in [9.17, 15) is 13.2 Å². The highest BCUT2D eigenvalue weighted by atomic mass is 32.2. The van der Waals surface area contributed by atoms with E-state index in [1.807, 2.05) is 30.3 Å². The number of amides is 1. The topological polar surface area (TPSA) is 75.7 Å². The summed E-state index contributed by atoms with van der Waals surface area (Å²) in [5.74, 6) is 1.00. The molecule has 0 aromatic heterocycles. The van der Waals surface area contributed by atoms with Gasteiger partial charge in [-0.2, -0.15) is 0 Å². The molecule has 0 bridgehead atoms. The summed E-state index contributed by atoms with van der Waals surface area (Å²) in [5.41, 5.74) is 1.91. The van der Waals surface area contributed by atoms with Crippen molar-refractivity contribution in [2.45, 2.75) is 17.7 Å². The van der Waals surface area contributed by atoms with Crippen molar-refractivity contribution in [1.29, 1.82) is 0 Å². The average Bonchev–Trinajstić information content (AvgIpc) is 2.74. The number of benzene rings is 3. The van der Waals surface area contributed by atoms with Crippen LogP contribution in [-0.4, -0.2) is 21.4 Å². The van der Waals surface area contributed by atoms with Crippen LogP contribution in [0.25, 0.3) is 0 Å². The number of hydrogen-bond donors (Lipinski definition) is 1. The van der Waals surface area contributed by atoms with Crippen LogP contribution in [0.2, 0.25) is 0 Å². The smallest absolute Gasteiger partial charge is 0.264 e. The first-order valence-corrected chi connectivity index (χ1v) is 10.6. The monoisotopic (exact) mass is 408 g/mol. The molecule has 1 heterocycles. The van der Waals surface area contributed by atoms with Gasteiger partial charge in [0.05, 0.1) is 10.6 Å². The van der Waals surface area contributed by atoms with Crippen molar-refractivity contribution in [2.75, 3.05) is 16.7 Å². The lowest BCUT2D eigenvalue weighted by molar-refractivity contribution is -0.116. The van der Waals surface area contributed by atoms with Crippen molar-refractivity contribution in [3.8, 4) is 11.5 Å². The van der Waals surface area contributed by atoms with Crippen LogP contribution >= 0.6 is 0 Å². The number of nitrogens with zero attached hydrogens (tertiary/aromatic N) is 1. The highest BCUT2D eigenvalue weighted by Crippen LogP contribution is 2.35. The Hall–Kier alpha value is -3.32. The fourth-order valence-electron chi connectivity index (χ4n) is 3.23. The van der Waals surface area contributed by atoms with Crippen LogP contribution in [0.3, 0.4) is 0 Å². The molecule has 148 valence electrons. The molecular formula is C22H20N2O4S. The van der Waals surface area contributed by atoms with E-state index in [-0.39, 0.29) is 10.8 Å². The van der Waals surface area contributed by atoms with Crippen LogP contribution in [0, 0.1) is 0 Å². The minimum absolute atomic E-state index is 0.0581. The minimum atomic E-state index is -3.81. The highest BCUT2D eigenvalue weighted by molar-refractivity contribution is 7.92. The number of para-hydroxylation sites is 3. The second kappa shape index (κ2) is 7.60. The molecule has 0 saturated heterocycles. The predicted molar refractivity (Wildman–Crippen MR) is 112 cm³/mol. The number of fused-ring (bicyclic) bond motifs is 1. The summed E-state index contributed by atoms with van der Waals surface area (Å²) in [6.45, 7) is 0. The van der Waals surface area contributed by atoms with Crippen LogP contribution in [0.15, 0.2) is 77.7 Å². The summed E-state index contributed by atoms with van der Waals surface area (Å²) < 4.78 is 33.7. The van der Waals surface area contributed by atoms with E-state index in [2.05, 4.69) is 5.32 Å². The van der Waals surface area contributed by atoms with Crippen LogP contribution < -0.4 is 14.4 Å². The number of rotatable bonds is 5. The summed E-state index contributed by atoms with van der Waals surface area (Å²) in [4.78, 5) is 11.7. The van der Waals surface area contributed by atoms with E-state index in [0.717, 1.165) is 5.56 Å². The fourth-order valence-corrected chi connectivity index (χ4v) is 4.48. The molecular weight excluding hydrogens is 388 g/mol. The Bertz CT molecular complexity index is 1160. The molecule has 3 aromatic rings. The number of ether oxygens (including phenoxy) is 1. The Kier molecular flexibility index (Phi) is 4.98. The van der Waals surface area contributed by atoms with Gasteiger partial charge in [0.15, 0.2) is 5.75 Å². The Morgan fingerprint density at radius 3 is 2.45 bits per heavy atom. The van der Waals surface area contributed by atoms with E-state index < -0.39 is 10.0 Å². The number of nitrogens with one attached hydrogen (secondary N) is 1. The fraction of sp³-hybridized carbons (Fsp3) is 0.136. The first-order valence-electron chi connectivity index (χ1n) is 9.19. The van der Waals surface area contributed by atoms with Gasteiger partial charge < -0.3 is 10.1 Å². The first-order chi connectivity index (χ1) is 13.9. The van der Waals surface area contributed by atoms with E-state index in [1.165, 1.54) is 17.4 Å². The van der Waals surface area contributed by atoms with Crippen molar-refractivity contribution in [3.05, 3.63) is 78.4 Å². The number of hydrogen-bond acceptors (Lipinski definition) is 4. The maximum atomic E-state index is 13.3. The average molecular weight is 408 g/mol. The predicted octanol–water partition coefficient (Wildman–Crippen LogP) is 4.19. The summed E-state index contributed by atoms with van der Waals surface area (Å²) >= 11 is 0. The molecule has 0 atom stereocenters. The van der Waals surface area contributed by atoms with Crippen molar-refractivity contribution < 1.29 is 17.9 Å². The Morgan fingerprint density at radius 2 is 1.66 bits per heavy atom. The molecule has 0 saturated carbocycles. The van der Waals surface area contributed by atoms with Gasteiger partial charge in [-0.05, 0) is 54.4 Å². The zero-order valence-corrected chi connectivity index (χ0v) is 16.6. The lowest BCUT2D eigenvalue weighted by Crippen LogP contribution is -2.27. The van der Waals surface area contributed by atoms with Gasteiger partial charge in [0.25, 0.3) is 10.0 Å². The lowest BCUT2D eigenvalue weighted by atomic mass is 10.0. The Labute approximate surface area is 169 Å². The van der Waals surface area contributed by atoms with Crippen LogP contribution in [0.5, 0.6) is 11.5 Å². The van der Waals surface area contributed by atoms with Gasteiger partial charge in [-0.25, -0.2) is 8.42 Å². The second-order valence-corrected chi connectivity index (χ2v) is 8.69. The van der Waals surface area contributed by atoms with Gasteiger partial charge in [0.2, 0.25) is 5.91 Å². The highest BCUT2D eigenvalue weighted by Gasteiger charge is 2.26. The number of carbonyl (C=O) groups excluding carboxylic acids is 1. The first kappa shape index (κ1) is 19.0. The maximum absolute atomic E-state index is 13.3. The van der Waals surface area contributed by atoms with Gasteiger partial charge in [0, 0.05) is 19.2 Å². The number of sulfonamides is 1. The minimum Gasteiger partial charge on any atom is -0.455 e. The lowest BCUT2D eigenvalue weighted by Gasteiger charge is -2.23. The standard InChI is InChI=1S/C22H20N2O4S/c1-24(20-9-5-6-10-21(20)28-17-7-3-2-4-8-17)29(26,27)18-12-13-19-16(15-18)11-14-22(25)23-19/h2-10,12-13,15H,11,14H2,1H3,(H,23,25). The summed E-state index contributed by atoms with van der Waals surface area (Å²) in [7, 11) is -2.31. The van der Waals surface area contributed by atoms with E-state index in [0.29, 0.717) is 35.7 Å². The van der Waals surface area contributed by atoms with Crippen LogP contribution in [0.4, 0.5) is 11.4 Å². The quantitative estimate of drug-likeness (QED) is 0.687. The number of carbonyl (C=O) groups is 1. The normalized spacial score (nSPS) is 13.3. The Morgan fingerprint density at radius 1 is 0.931 bits per heavy atom. The number of anilines is 2. The SMILES string of the molecule is CN(c1ccccc1Oc1ccccc1)S(=O)(=O)c1ccc2c(c1)CCC(=O)N2. The molecule has 7 heteroatoms. The van der Waals surface area contributed by atoms with Gasteiger partial charge in [-0.15, -0.1) is 0 Å². The molecule has 0 spiro atoms. The molecule has 0 aliphatic carbocycles. The van der Waals surface area contributed by atoms with E-state index in [1.54, 1.807) is 36.4 Å². The summed E-state index contributed by atoms with van der Waals surface area (Å²) in [6, 6.07) is 21.0. The van der Waals surface area contributed by atoms with Gasteiger partial charge >= 0.3 is 0 Å². The van der Waals surface area contributed by atoms with E-state index >= 15 is 0 Å². The molecule has 1 N–H and O–H groups in total. The maximum Gasteiger partial charge on any atom is 0.264 e. The molecule has 1 amide bonds.